The van der Waals surface area contributed by atoms with Gasteiger partial charge in [0.05, 0.1) is 16.6 Å². The largest absolute Gasteiger partial charge is 0.487 e. The molecule has 9 heteroatoms. The van der Waals surface area contributed by atoms with Gasteiger partial charge in [-0.1, -0.05) is 24.3 Å². The molecule has 33 heavy (non-hydrogen) atoms. The number of aromatic nitrogens is 4. The number of H-pyrrole nitrogens is 1. The number of para-hydroxylation sites is 1. The minimum atomic E-state index is -0.640. The number of fused-ring (bicyclic) bond motifs is 2. The predicted molar refractivity (Wildman–Crippen MR) is 123 cm³/mol. The molecule has 0 aliphatic heterocycles. The molecule has 0 atom stereocenters. The maximum Gasteiger partial charge on any atom is 0.329 e. The highest BCUT2D eigenvalue weighted by Gasteiger charge is 2.12. The van der Waals surface area contributed by atoms with Crippen molar-refractivity contribution in [1.29, 1.82) is 0 Å². The Kier molecular flexibility index (Phi) is 5.19. The van der Waals surface area contributed by atoms with Gasteiger partial charge in [-0.05, 0) is 36.4 Å². The average molecular weight is 441 g/mol. The smallest absolute Gasteiger partial charge is 0.329 e. The Morgan fingerprint density at radius 3 is 2.76 bits per heavy atom. The molecule has 5 rings (SSSR count). The lowest BCUT2D eigenvalue weighted by molar-refractivity contribution is -0.116. The van der Waals surface area contributed by atoms with Crippen molar-refractivity contribution in [3.63, 3.8) is 0 Å². The molecule has 3 heterocycles. The third-order valence-corrected chi connectivity index (χ3v) is 5.11. The van der Waals surface area contributed by atoms with Crippen molar-refractivity contribution < 1.29 is 9.53 Å². The lowest BCUT2D eigenvalue weighted by Crippen LogP contribution is -2.38. The highest BCUT2D eigenvalue weighted by Crippen LogP contribution is 2.19. The maximum atomic E-state index is 12.6. The Balaban J connectivity index is 1.27. The van der Waals surface area contributed by atoms with Crippen LogP contribution in [0.25, 0.3) is 16.6 Å². The number of benzene rings is 2. The first-order valence-corrected chi connectivity index (χ1v) is 10.2. The summed E-state index contributed by atoms with van der Waals surface area (Å²) in [6.45, 7) is -0.147. The zero-order valence-electron chi connectivity index (χ0n) is 17.4. The van der Waals surface area contributed by atoms with Gasteiger partial charge in [-0.2, -0.15) is 0 Å². The fourth-order valence-corrected chi connectivity index (χ4v) is 3.56. The standard InChI is InChI=1S/C24H19N5O4/c30-22(14-29-23(31)19-8-1-2-9-20(19)27-24(29)32)26-16-6-5-7-18(12-16)33-15-17-13-28-11-4-3-10-21(28)25-17/h1-13H,14-15H2,(H,26,30)(H,27,32). The lowest BCUT2D eigenvalue weighted by Gasteiger charge is -2.10. The van der Waals surface area contributed by atoms with E-state index in [-0.39, 0.29) is 6.61 Å². The molecule has 164 valence electrons. The number of carbonyl (C=O) groups excluding carboxylic acids is 1. The van der Waals surface area contributed by atoms with E-state index in [1.807, 2.05) is 35.0 Å². The topological polar surface area (TPSA) is 110 Å². The van der Waals surface area contributed by atoms with Crippen molar-refractivity contribution >= 4 is 28.1 Å². The van der Waals surface area contributed by atoms with Crippen LogP contribution in [0.2, 0.25) is 0 Å². The fraction of sp³-hybridized carbons (Fsp3) is 0.0833. The number of ether oxygens (including phenoxy) is 1. The van der Waals surface area contributed by atoms with Crippen LogP contribution in [0, 0.1) is 0 Å². The third kappa shape index (κ3) is 4.24. The summed E-state index contributed by atoms with van der Waals surface area (Å²) < 4.78 is 8.60. The molecule has 0 aliphatic rings. The van der Waals surface area contributed by atoms with Crippen LogP contribution in [0.15, 0.2) is 88.7 Å². The number of hydrogen-bond acceptors (Lipinski definition) is 5. The first-order chi connectivity index (χ1) is 16.1. The molecular weight excluding hydrogens is 422 g/mol. The lowest BCUT2D eigenvalue weighted by atomic mass is 10.2. The number of anilines is 1. The highest BCUT2D eigenvalue weighted by atomic mass is 16.5. The number of hydrogen-bond donors (Lipinski definition) is 2. The maximum absolute atomic E-state index is 12.6. The van der Waals surface area contributed by atoms with Crippen molar-refractivity contribution in [2.45, 2.75) is 13.2 Å². The second-order valence-electron chi connectivity index (χ2n) is 7.43. The summed E-state index contributed by atoms with van der Waals surface area (Å²) in [6, 6.07) is 19.3. The number of nitrogens with one attached hydrogen (secondary N) is 2. The average Bonchev–Trinajstić information content (AvgIpc) is 3.24. The van der Waals surface area contributed by atoms with Gasteiger partial charge in [-0.25, -0.2) is 9.78 Å². The van der Waals surface area contributed by atoms with Crippen LogP contribution >= 0.6 is 0 Å². The second-order valence-corrected chi connectivity index (χ2v) is 7.43. The fourth-order valence-electron chi connectivity index (χ4n) is 3.56. The normalized spacial score (nSPS) is 11.0. The molecule has 9 nitrogen and oxygen atoms in total. The number of pyridine rings is 1. The van der Waals surface area contributed by atoms with E-state index in [9.17, 15) is 14.4 Å². The molecule has 0 unspecified atom stereocenters. The molecule has 0 aliphatic carbocycles. The molecule has 0 fully saturated rings. The summed E-state index contributed by atoms with van der Waals surface area (Å²) in [5.74, 6) is 0.0426. The molecular formula is C24H19N5O4. The first-order valence-electron chi connectivity index (χ1n) is 10.2. The Labute approximate surface area is 186 Å². The first kappa shape index (κ1) is 20.3. The number of rotatable bonds is 6. The molecule has 0 saturated carbocycles. The van der Waals surface area contributed by atoms with Crippen molar-refractivity contribution in [3.05, 3.63) is 106 Å². The zero-order chi connectivity index (χ0) is 22.8. The van der Waals surface area contributed by atoms with Crippen molar-refractivity contribution in [1.82, 2.24) is 18.9 Å². The molecule has 5 aromatic rings. The van der Waals surface area contributed by atoms with Gasteiger partial charge in [0, 0.05) is 24.1 Å². The summed E-state index contributed by atoms with van der Waals surface area (Å²) in [4.78, 5) is 44.5. The highest BCUT2D eigenvalue weighted by molar-refractivity contribution is 5.91. The molecule has 2 N–H and O–H groups in total. The van der Waals surface area contributed by atoms with E-state index in [0.717, 1.165) is 15.9 Å². The predicted octanol–water partition coefficient (Wildman–Crippen LogP) is 2.56. The molecule has 2 aromatic carbocycles. The van der Waals surface area contributed by atoms with Gasteiger partial charge in [0.2, 0.25) is 5.91 Å². The number of imidazole rings is 1. The zero-order valence-corrected chi connectivity index (χ0v) is 17.4. The third-order valence-electron chi connectivity index (χ3n) is 5.11. The Morgan fingerprint density at radius 1 is 1.03 bits per heavy atom. The summed E-state index contributed by atoms with van der Waals surface area (Å²) >= 11 is 0. The van der Waals surface area contributed by atoms with Crippen LogP contribution in [-0.4, -0.2) is 24.8 Å². The van der Waals surface area contributed by atoms with Crippen molar-refractivity contribution in [2.24, 2.45) is 0 Å². The van der Waals surface area contributed by atoms with E-state index in [1.54, 1.807) is 48.5 Å². The summed E-state index contributed by atoms with van der Waals surface area (Å²) in [7, 11) is 0. The van der Waals surface area contributed by atoms with Gasteiger partial charge in [0.25, 0.3) is 5.56 Å². The quantitative estimate of drug-likeness (QED) is 0.421. The van der Waals surface area contributed by atoms with Gasteiger partial charge >= 0.3 is 5.69 Å². The number of aromatic amines is 1. The van der Waals surface area contributed by atoms with Crippen LogP contribution in [0.3, 0.4) is 0 Å². The number of nitrogens with zero attached hydrogens (tertiary/aromatic N) is 3. The Morgan fingerprint density at radius 2 is 1.88 bits per heavy atom. The van der Waals surface area contributed by atoms with Crippen LogP contribution in [0.5, 0.6) is 5.75 Å². The van der Waals surface area contributed by atoms with E-state index in [2.05, 4.69) is 15.3 Å². The SMILES string of the molecule is O=C(Cn1c(=O)[nH]c2ccccc2c1=O)Nc1cccc(OCc2cn3ccccc3n2)c1. The minimum Gasteiger partial charge on any atom is -0.487 e. The second kappa shape index (κ2) is 8.46. The minimum absolute atomic E-state index is 0.265. The molecule has 3 aromatic heterocycles. The van der Waals surface area contributed by atoms with Crippen LogP contribution in [-0.2, 0) is 17.9 Å². The van der Waals surface area contributed by atoms with Gasteiger partial charge in [0.15, 0.2) is 0 Å². The van der Waals surface area contributed by atoms with E-state index in [1.165, 1.54) is 0 Å². The summed E-state index contributed by atoms with van der Waals surface area (Å²) in [6.07, 6.45) is 3.80. The van der Waals surface area contributed by atoms with E-state index in [4.69, 9.17) is 4.74 Å². The molecule has 1 amide bonds. The Hall–Kier alpha value is -4.66. The summed E-state index contributed by atoms with van der Waals surface area (Å²) in [5.41, 5.74) is 1.35. The van der Waals surface area contributed by atoms with Crippen molar-refractivity contribution in [2.75, 3.05) is 5.32 Å². The van der Waals surface area contributed by atoms with Crippen molar-refractivity contribution in [3.8, 4) is 5.75 Å². The van der Waals surface area contributed by atoms with Crippen LogP contribution < -0.4 is 21.3 Å². The van der Waals surface area contributed by atoms with Crippen LogP contribution in [0.1, 0.15) is 5.69 Å². The monoisotopic (exact) mass is 441 g/mol. The van der Waals surface area contributed by atoms with Gasteiger partial charge < -0.3 is 19.4 Å². The number of amides is 1. The summed E-state index contributed by atoms with van der Waals surface area (Å²) in [5, 5.41) is 3.04. The molecule has 0 saturated heterocycles. The molecule has 0 bridgehead atoms. The van der Waals surface area contributed by atoms with Gasteiger partial charge in [-0.3, -0.25) is 14.2 Å². The van der Waals surface area contributed by atoms with E-state index in [0.29, 0.717) is 22.3 Å². The van der Waals surface area contributed by atoms with Gasteiger partial charge in [0.1, 0.15) is 24.5 Å². The van der Waals surface area contributed by atoms with E-state index >= 15 is 0 Å². The number of carbonyl (C=O) groups is 1. The molecule has 0 spiro atoms. The van der Waals surface area contributed by atoms with E-state index < -0.39 is 23.7 Å². The Bertz CT molecular complexity index is 1570. The molecule has 0 radical (unpaired) electrons. The van der Waals surface area contributed by atoms with Crippen LogP contribution in [0.4, 0.5) is 5.69 Å². The van der Waals surface area contributed by atoms with Gasteiger partial charge in [-0.15, -0.1) is 0 Å².